The third-order valence-electron chi connectivity index (χ3n) is 2.85. The lowest BCUT2D eigenvalue weighted by atomic mass is 9.98. The van der Waals surface area contributed by atoms with E-state index in [1.54, 1.807) is 25.2 Å². The molecule has 100 valence electrons. The molecule has 1 N–H and O–H groups in total. The van der Waals surface area contributed by atoms with Crippen LogP contribution in [0.25, 0.3) is 0 Å². The van der Waals surface area contributed by atoms with Crippen molar-refractivity contribution in [2.75, 3.05) is 7.05 Å². The molecule has 2 rings (SSSR count). The van der Waals surface area contributed by atoms with Crippen molar-refractivity contribution < 1.29 is 8.78 Å². The summed E-state index contributed by atoms with van der Waals surface area (Å²) in [6, 6.07) is 7.68. The molecule has 2 aromatic rings. The first-order chi connectivity index (χ1) is 9.04. The molecule has 0 saturated heterocycles. The molecule has 1 nitrogen and oxygen atoms in total. The topological polar surface area (TPSA) is 12.0 Å². The molecule has 0 saturated carbocycles. The van der Waals surface area contributed by atoms with Crippen molar-refractivity contribution >= 4 is 23.2 Å². The van der Waals surface area contributed by atoms with Crippen LogP contribution in [0.3, 0.4) is 0 Å². The summed E-state index contributed by atoms with van der Waals surface area (Å²) in [6.45, 7) is 0. The highest BCUT2D eigenvalue weighted by atomic mass is 35.5. The van der Waals surface area contributed by atoms with Crippen molar-refractivity contribution in [3.8, 4) is 0 Å². The highest BCUT2D eigenvalue weighted by Crippen LogP contribution is 2.34. The first-order valence-electron chi connectivity index (χ1n) is 5.60. The maximum absolute atomic E-state index is 13.9. The zero-order valence-electron chi connectivity index (χ0n) is 10.1. The van der Waals surface area contributed by atoms with E-state index in [2.05, 4.69) is 5.32 Å². The van der Waals surface area contributed by atoms with Crippen molar-refractivity contribution in [1.82, 2.24) is 5.32 Å². The van der Waals surface area contributed by atoms with Crippen LogP contribution < -0.4 is 5.32 Å². The van der Waals surface area contributed by atoms with Gasteiger partial charge in [0.1, 0.15) is 11.6 Å². The first-order valence-corrected chi connectivity index (χ1v) is 6.36. The zero-order valence-corrected chi connectivity index (χ0v) is 11.6. The van der Waals surface area contributed by atoms with Gasteiger partial charge in [0.05, 0.1) is 6.04 Å². The average molecular weight is 302 g/mol. The summed E-state index contributed by atoms with van der Waals surface area (Å²) in [5.74, 6) is -1.03. The van der Waals surface area contributed by atoms with Gasteiger partial charge in [-0.05, 0) is 37.4 Å². The summed E-state index contributed by atoms with van der Waals surface area (Å²) in [6.07, 6.45) is 0. The van der Waals surface area contributed by atoms with Crippen molar-refractivity contribution in [3.63, 3.8) is 0 Å². The summed E-state index contributed by atoms with van der Waals surface area (Å²) in [5, 5.41) is 3.71. The minimum Gasteiger partial charge on any atom is -0.309 e. The molecule has 0 spiro atoms. The molecule has 19 heavy (non-hydrogen) atoms. The molecule has 0 aliphatic heterocycles. The molecular formula is C14H11Cl2F2N. The van der Waals surface area contributed by atoms with E-state index in [1.165, 1.54) is 0 Å². The van der Waals surface area contributed by atoms with E-state index in [-0.39, 0.29) is 5.56 Å². The summed E-state index contributed by atoms with van der Waals surface area (Å²) in [4.78, 5) is 0. The van der Waals surface area contributed by atoms with Crippen LogP contribution >= 0.6 is 23.2 Å². The van der Waals surface area contributed by atoms with Crippen molar-refractivity contribution in [2.24, 2.45) is 0 Å². The van der Waals surface area contributed by atoms with E-state index in [0.717, 1.165) is 18.2 Å². The van der Waals surface area contributed by atoms with E-state index < -0.39 is 17.7 Å². The molecule has 1 atom stereocenters. The van der Waals surface area contributed by atoms with E-state index in [9.17, 15) is 8.78 Å². The molecule has 0 aliphatic rings. The van der Waals surface area contributed by atoms with Crippen molar-refractivity contribution in [1.29, 1.82) is 0 Å². The standard InChI is InChI=1S/C14H11Cl2F2N/c1-19-14(9-7-8(17)5-6-12(9)18)13-10(15)3-2-4-11(13)16/h2-7,14,19H,1H3. The van der Waals surface area contributed by atoms with Gasteiger partial charge in [0.25, 0.3) is 0 Å². The lowest BCUT2D eigenvalue weighted by molar-refractivity contribution is 0.558. The predicted molar refractivity (Wildman–Crippen MR) is 73.7 cm³/mol. The smallest absolute Gasteiger partial charge is 0.128 e. The van der Waals surface area contributed by atoms with Crippen LogP contribution in [0.5, 0.6) is 0 Å². The van der Waals surface area contributed by atoms with Gasteiger partial charge in [-0.25, -0.2) is 8.78 Å². The maximum Gasteiger partial charge on any atom is 0.128 e. The Morgan fingerprint density at radius 1 is 1.05 bits per heavy atom. The molecule has 0 aromatic heterocycles. The molecule has 0 amide bonds. The second kappa shape index (κ2) is 5.87. The monoisotopic (exact) mass is 301 g/mol. The number of hydrogen-bond donors (Lipinski definition) is 1. The minimum absolute atomic E-state index is 0.164. The Morgan fingerprint density at radius 3 is 2.26 bits per heavy atom. The largest absolute Gasteiger partial charge is 0.309 e. The number of benzene rings is 2. The minimum atomic E-state index is -0.614. The molecule has 1 unspecified atom stereocenters. The molecule has 2 aromatic carbocycles. The van der Waals surface area contributed by atoms with Gasteiger partial charge < -0.3 is 5.32 Å². The Hall–Kier alpha value is -1.16. The summed E-state index contributed by atoms with van der Waals surface area (Å²) in [5.41, 5.74) is 0.690. The molecule has 0 radical (unpaired) electrons. The fraction of sp³-hybridized carbons (Fsp3) is 0.143. The maximum atomic E-state index is 13.9. The molecule has 5 heteroatoms. The highest BCUT2D eigenvalue weighted by Gasteiger charge is 2.21. The van der Waals surface area contributed by atoms with Gasteiger partial charge in [-0.2, -0.15) is 0 Å². The van der Waals surface area contributed by atoms with E-state index in [0.29, 0.717) is 15.6 Å². The fourth-order valence-corrected chi connectivity index (χ4v) is 2.59. The van der Waals surface area contributed by atoms with E-state index in [1.807, 2.05) is 0 Å². The lowest BCUT2D eigenvalue weighted by Crippen LogP contribution is -2.20. The van der Waals surface area contributed by atoms with Crippen LogP contribution in [0.2, 0.25) is 10.0 Å². The Balaban J connectivity index is 2.59. The van der Waals surface area contributed by atoms with Gasteiger partial charge in [-0.15, -0.1) is 0 Å². The molecule has 0 aliphatic carbocycles. The lowest BCUT2D eigenvalue weighted by Gasteiger charge is -2.20. The van der Waals surface area contributed by atoms with Gasteiger partial charge >= 0.3 is 0 Å². The van der Waals surface area contributed by atoms with E-state index >= 15 is 0 Å². The van der Waals surface area contributed by atoms with Crippen LogP contribution in [-0.4, -0.2) is 7.05 Å². The quantitative estimate of drug-likeness (QED) is 0.875. The van der Waals surface area contributed by atoms with Crippen LogP contribution in [0.1, 0.15) is 17.2 Å². The van der Waals surface area contributed by atoms with Crippen molar-refractivity contribution in [2.45, 2.75) is 6.04 Å². The Morgan fingerprint density at radius 2 is 1.68 bits per heavy atom. The van der Waals surface area contributed by atoms with Gasteiger partial charge in [-0.3, -0.25) is 0 Å². The van der Waals surface area contributed by atoms with Gasteiger partial charge in [0, 0.05) is 21.2 Å². The highest BCUT2D eigenvalue weighted by molar-refractivity contribution is 6.36. The van der Waals surface area contributed by atoms with Crippen LogP contribution in [-0.2, 0) is 0 Å². The van der Waals surface area contributed by atoms with Gasteiger partial charge in [0.15, 0.2) is 0 Å². The molecule has 0 bridgehead atoms. The van der Waals surface area contributed by atoms with E-state index in [4.69, 9.17) is 23.2 Å². The summed E-state index contributed by atoms with van der Waals surface area (Å²) < 4.78 is 27.2. The first kappa shape index (κ1) is 14.3. The Bertz CT molecular complexity index is 582. The second-order valence-electron chi connectivity index (χ2n) is 4.02. The molecule has 0 heterocycles. The number of hydrogen-bond acceptors (Lipinski definition) is 1. The normalized spacial score (nSPS) is 12.5. The number of halogens is 4. The Kier molecular flexibility index (Phi) is 4.40. The predicted octanol–water partition coefficient (Wildman–Crippen LogP) is 4.58. The third-order valence-corrected chi connectivity index (χ3v) is 3.51. The van der Waals surface area contributed by atoms with Crippen LogP contribution in [0, 0.1) is 11.6 Å². The Labute approximate surface area is 120 Å². The average Bonchev–Trinajstić information content (AvgIpc) is 2.37. The van der Waals surface area contributed by atoms with Gasteiger partial charge in [0.2, 0.25) is 0 Å². The third kappa shape index (κ3) is 2.89. The number of rotatable bonds is 3. The summed E-state index contributed by atoms with van der Waals surface area (Å²) in [7, 11) is 1.63. The van der Waals surface area contributed by atoms with Crippen LogP contribution in [0.4, 0.5) is 8.78 Å². The molecular weight excluding hydrogens is 291 g/mol. The van der Waals surface area contributed by atoms with Crippen molar-refractivity contribution in [3.05, 3.63) is 69.2 Å². The zero-order chi connectivity index (χ0) is 14.0. The van der Waals surface area contributed by atoms with Crippen LogP contribution in [0.15, 0.2) is 36.4 Å². The fourth-order valence-electron chi connectivity index (χ4n) is 1.98. The summed E-state index contributed by atoms with van der Waals surface area (Å²) >= 11 is 12.2. The SMILES string of the molecule is CNC(c1cc(F)ccc1F)c1c(Cl)cccc1Cl. The number of nitrogens with one attached hydrogen (secondary N) is 1. The van der Waals surface area contributed by atoms with Gasteiger partial charge in [-0.1, -0.05) is 29.3 Å². The molecule has 0 fully saturated rings. The second-order valence-corrected chi connectivity index (χ2v) is 4.84.